The summed E-state index contributed by atoms with van der Waals surface area (Å²) in [7, 11) is 0. The predicted octanol–water partition coefficient (Wildman–Crippen LogP) is 7.28. The van der Waals surface area contributed by atoms with Crippen LogP contribution in [0, 0.1) is 58.2 Å². The SMILES string of the molecule is CC[C@H](CCC(C)[C@H]1CCC2[C@@H]3C(O)C[C@@H]4CC(=O)CC[C@]4(C)C3CC[C@@]21C)C(C)C. The Morgan fingerprint density at radius 1 is 1.00 bits per heavy atom. The van der Waals surface area contributed by atoms with Crippen molar-refractivity contribution in [1.29, 1.82) is 0 Å². The average molecular weight is 431 g/mol. The topological polar surface area (TPSA) is 37.3 Å². The van der Waals surface area contributed by atoms with Crippen molar-refractivity contribution in [2.75, 3.05) is 0 Å². The fourth-order valence-corrected chi connectivity index (χ4v) is 9.68. The molecule has 4 aliphatic rings. The number of carbonyl (C=O) groups is 1. The summed E-state index contributed by atoms with van der Waals surface area (Å²) in [5.74, 6) is 5.96. The highest BCUT2D eigenvalue weighted by molar-refractivity contribution is 5.79. The number of ketones is 1. The van der Waals surface area contributed by atoms with Crippen molar-refractivity contribution in [3.05, 3.63) is 0 Å². The van der Waals surface area contributed by atoms with Gasteiger partial charge >= 0.3 is 0 Å². The molecule has 2 nitrogen and oxygen atoms in total. The minimum absolute atomic E-state index is 0.182. The largest absolute Gasteiger partial charge is 0.393 e. The van der Waals surface area contributed by atoms with Gasteiger partial charge in [-0.3, -0.25) is 4.79 Å². The van der Waals surface area contributed by atoms with E-state index < -0.39 is 0 Å². The van der Waals surface area contributed by atoms with Crippen molar-refractivity contribution in [1.82, 2.24) is 0 Å². The Morgan fingerprint density at radius 3 is 2.39 bits per heavy atom. The van der Waals surface area contributed by atoms with Crippen LogP contribution in [0.1, 0.15) is 112 Å². The number of aliphatic hydroxyl groups excluding tert-OH is 1. The maximum Gasteiger partial charge on any atom is 0.133 e. The van der Waals surface area contributed by atoms with Crippen LogP contribution in [0.2, 0.25) is 0 Å². The molecule has 0 amide bonds. The average Bonchev–Trinajstić information content (AvgIpc) is 3.06. The van der Waals surface area contributed by atoms with Crippen LogP contribution >= 0.6 is 0 Å². The van der Waals surface area contributed by atoms with Crippen LogP contribution in [0.15, 0.2) is 0 Å². The van der Waals surface area contributed by atoms with Crippen LogP contribution in [-0.2, 0) is 4.79 Å². The molecule has 2 heteroatoms. The third kappa shape index (κ3) is 3.95. The Kier molecular flexibility index (Phi) is 6.73. The first-order chi connectivity index (χ1) is 14.6. The molecule has 0 radical (unpaired) electrons. The van der Waals surface area contributed by atoms with Gasteiger partial charge in [-0.1, -0.05) is 54.4 Å². The molecule has 0 bridgehead atoms. The van der Waals surface area contributed by atoms with Crippen molar-refractivity contribution in [2.24, 2.45) is 58.2 Å². The zero-order valence-corrected chi connectivity index (χ0v) is 21.3. The lowest BCUT2D eigenvalue weighted by molar-refractivity contribution is -0.169. The van der Waals surface area contributed by atoms with Gasteiger partial charge in [-0.05, 0) is 103 Å². The van der Waals surface area contributed by atoms with Crippen LogP contribution < -0.4 is 0 Å². The minimum atomic E-state index is -0.182. The van der Waals surface area contributed by atoms with Crippen molar-refractivity contribution < 1.29 is 9.90 Å². The van der Waals surface area contributed by atoms with E-state index in [1.807, 2.05) is 0 Å². The summed E-state index contributed by atoms with van der Waals surface area (Å²) in [5.41, 5.74) is 0.698. The molecule has 10 atom stereocenters. The van der Waals surface area contributed by atoms with E-state index in [9.17, 15) is 9.90 Å². The molecule has 0 saturated heterocycles. The van der Waals surface area contributed by atoms with Gasteiger partial charge in [-0.2, -0.15) is 0 Å². The Labute approximate surface area is 192 Å². The lowest BCUT2D eigenvalue weighted by Crippen LogP contribution is -2.58. The molecule has 0 spiro atoms. The van der Waals surface area contributed by atoms with Gasteiger partial charge in [0.05, 0.1) is 6.10 Å². The zero-order valence-electron chi connectivity index (χ0n) is 21.3. The minimum Gasteiger partial charge on any atom is -0.393 e. The number of hydrogen-bond donors (Lipinski definition) is 1. The fourth-order valence-electron chi connectivity index (χ4n) is 9.68. The quantitative estimate of drug-likeness (QED) is 0.480. The predicted molar refractivity (Wildman–Crippen MR) is 129 cm³/mol. The fraction of sp³-hybridized carbons (Fsp3) is 0.966. The summed E-state index contributed by atoms with van der Waals surface area (Å²) in [6.45, 7) is 14.8. The van der Waals surface area contributed by atoms with Gasteiger partial charge in [0.2, 0.25) is 0 Å². The molecule has 4 aliphatic carbocycles. The summed E-state index contributed by atoms with van der Waals surface area (Å²) in [6.07, 6.45) is 12.7. The van der Waals surface area contributed by atoms with Crippen LogP contribution in [-0.4, -0.2) is 17.0 Å². The molecule has 4 saturated carbocycles. The summed E-state index contributed by atoms with van der Waals surface area (Å²) in [4.78, 5) is 12.2. The van der Waals surface area contributed by atoms with E-state index >= 15 is 0 Å². The number of fused-ring (bicyclic) bond motifs is 5. The normalized spacial score (nSPS) is 46.9. The molecule has 0 aliphatic heterocycles. The molecule has 0 aromatic heterocycles. The third-order valence-electron chi connectivity index (χ3n) is 11.7. The Bertz CT molecular complexity index is 655. The van der Waals surface area contributed by atoms with Crippen LogP contribution in [0.25, 0.3) is 0 Å². The van der Waals surface area contributed by atoms with Crippen molar-refractivity contribution >= 4 is 5.78 Å². The lowest BCUT2D eigenvalue weighted by Gasteiger charge is -2.62. The van der Waals surface area contributed by atoms with Crippen LogP contribution in [0.4, 0.5) is 0 Å². The third-order valence-corrected chi connectivity index (χ3v) is 11.7. The molecule has 0 aromatic rings. The standard InChI is InChI=1S/C29H50O2/c1-7-20(18(2)3)9-8-19(4)23-10-11-24-27-25(13-15-29(23,24)6)28(5)14-12-22(30)16-21(28)17-26(27)31/h18-21,23-27,31H,7-17H2,1-6H3/t19?,20-,21+,23-,24?,25?,26?,27+,28+,29-/m1/s1. The highest BCUT2D eigenvalue weighted by Gasteiger charge is 2.62. The second-order valence-corrected chi connectivity index (χ2v) is 13.2. The maximum absolute atomic E-state index is 12.2. The Hall–Kier alpha value is -0.370. The van der Waals surface area contributed by atoms with E-state index in [2.05, 4.69) is 41.5 Å². The van der Waals surface area contributed by atoms with Gasteiger partial charge in [0.15, 0.2) is 0 Å². The molecule has 0 heterocycles. The first-order valence-corrected chi connectivity index (χ1v) is 13.8. The van der Waals surface area contributed by atoms with Gasteiger partial charge in [0.25, 0.3) is 0 Å². The number of rotatable bonds is 6. The monoisotopic (exact) mass is 430 g/mol. The number of Topliss-reactive ketones (excluding diaryl/α,β-unsaturated/α-hetero) is 1. The molecule has 4 rings (SSSR count). The van der Waals surface area contributed by atoms with Gasteiger partial charge in [0, 0.05) is 12.8 Å². The first-order valence-electron chi connectivity index (χ1n) is 13.8. The van der Waals surface area contributed by atoms with Gasteiger partial charge in [0.1, 0.15) is 5.78 Å². The van der Waals surface area contributed by atoms with E-state index in [1.54, 1.807) is 0 Å². The summed E-state index contributed by atoms with van der Waals surface area (Å²) < 4.78 is 0. The number of carbonyl (C=O) groups excluding carboxylic acids is 1. The highest BCUT2D eigenvalue weighted by Crippen LogP contribution is 2.68. The van der Waals surface area contributed by atoms with E-state index in [0.29, 0.717) is 34.9 Å². The van der Waals surface area contributed by atoms with Gasteiger partial charge in [-0.15, -0.1) is 0 Å². The van der Waals surface area contributed by atoms with E-state index in [-0.39, 0.29) is 11.5 Å². The van der Waals surface area contributed by atoms with E-state index in [1.165, 1.54) is 44.9 Å². The summed E-state index contributed by atoms with van der Waals surface area (Å²) in [6, 6.07) is 0. The van der Waals surface area contributed by atoms with E-state index in [0.717, 1.165) is 49.4 Å². The van der Waals surface area contributed by atoms with Gasteiger partial charge in [-0.25, -0.2) is 0 Å². The first kappa shape index (κ1) is 23.8. The van der Waals surface area contributed by atoms with Crippen LogP contribution in [0.5, 0.6) is 0 Å². The summed E-state index contributed by atoms with van der Waals surface area (Å²) in [5, 5.41) is 11.4. The second-order valence-electron chi connectivity index (χ2n) is 13.2. The molecule has 4 fully saturated rings. The van der Waals surface area contributed by atoms with Crippen molar-refractivity contribution in [3.8, 4) is 0 Å². The lowest BCUT2D eigenvalue weighted by atomic mass is 9.44. The molecule has 31 heavy (non-hydrogen) atoms. The maximum atomic E-state index is 12.2. The van der Waals surface area contributed by atoms with E-state index in [4.69, 9.17) is 0 Å². The highest BCUT2D eigenvalue weighted by atomic mass is 16.3. The molecule has 0 aromatic carbocycles. The van der Waals surface area contributed by atoms with Crippen molar-refractivity contribution in [2.45, 2.75) is 118 Å². The Balaban J connectivity index is 1.49. The molecular formula is C29H50O2. The number of hydrogen-bond acceptors (Lipinski definition) is 2. The molecular weight excluding hydrogens is 380 g/mol. The molecule has 178 valence electrons. The Morgan fingerprint density at radius 2 is 1.71 bits per heavy atom. The zero-order chi connectivity index (χ0) is 22.6. The van der Waals surface area contributed by atoms with Gasteiger partial charge < -0.3 is 5.11 Å². The molecule has 4 unspecified atom stereocenters. The number of aliphatic hydroxyl groups is 1. The molecule has 1 N–H and O–H groups in total. The second kappa shape index (κ2) is 8.77. The smallest absolute Gasteiger partial charge is 0.133 e. The van der Waals surface area contributed by atoms with Crippen LogP contribution in [0.3, 0.4) is 0 Å². The summed E-state index contributed by atoms with van der Waals surface area (Å²) >= 11 is 0. The van der Waals surface area contributed by atoms with Crippen molar-refractivity contribution in [3.63, 3.8) is 0 Å².